The Balaban J connectivity index is 1.65. The van der Waals surface area contributed by atoms with Gasteiger partial charge in [0.25, 0.3) is 5.91 Å². The molecule has 1 aliphatic rings. The topological polar surface area (TPSA) is 67.9 Å². The number of ether oxygens (including phenoxy) is 2. The van der Waals surface area contributed by atoms with Crippen molar-refractivity contribution in [2.24, 2.45) is 0 Å². The van der Waals surface area contributed by atoms with Crippen molar-refractivity contribution in [3.63, 3.8) is 0 Å². The molecule has 1 N–H and O–H groups in total. The number of aryl methyl sites for hydroxylation is 1. The summed E-state index contributed by atoms with van der Waals surface area (Å²) in [4.78, 5) is 27.9. The fourth-order valence-electron chi connectivity index (χ4n) is 4.02. The molecule has 32 heavy (non-hydrogen) atoms. The van der Waals surface area contributed by atoms with Crippen molar-refractivity contribution in [2.45, 2.75) is 25.9 Å². The fraction of sp³-hybridized carbons (Fsp3) is 0.231. The number of rotatable bonds is 7. The van der Waals surface area contributed by atoms with Crippen LogP contribution in [0.3, 0.4) is 0 Å². The van der Waals surface area contributed by atoms with Crippen LogP contribution in [0, 0.1) is 6.92 Å². The number of hydrogen-bond donors (Lipinski definition) is 1. The molecule has 0 radical (unpaired) electrons. The Hall–Kier alpha value is -3.80. The lowest BCUT2D eigenvalue weighted by Gasteiger charge is -2.28. The lowest BCUT2D eigenvalue weighted by Crippen LogP contribution is -2.32. The third kappa shape index (κ3) is 4.30. The van der Waals surface area contributed by atoms with Gasteiger partial charge in [-0.05, 0) is 48.4 Å². The number of amides is 2. The third-order valence-corrected chi connectivity index (χ3v) is 5.73. The second kappa shape index (κ2) is 9.14. The Morgan fingerprint density at radius 3 is 2.41 bits per heavy atom. The fourth-order valence-corrected chi connectivity index (χ4v) is 4.02. The summed E-state index contributed by atoms with van der Waals surface area (Å²) in [5.41, 5.74) is 4.29. The minimum Gasteiger partial charge on any atom is -0.493 e. The van der Waals surface area contributed by atoms with Gasteiger partial charge in [-0.3, -0.25) is 9.59 Å². The van der Waals surface area contributed by atoms with E-state index in [1.165, 1.54) is 0 Å². The van der Waals surface area contributed by atoms with E-state index in [9.17, 15) is 9.59 Å². The predicted molar refractivity (Wildman–Crippen MR) is 123 cm³/mol. The molecule has 1 heterocycles. The second-order valence-corrected chi connectivity index (χ2v) is 7.84. The largest absolute Gasteiger partial charge is 0.493 e. The maximum Gasteiger partial charge on any atom is 0.255 e. The molecule has 0 fully saturated rings. The van der Waals surface area contributed by atoms with Crippen molar-refractivity contribution >= 4 is 17.5 Å². The molecule has 2 amide bonds. The molecule has 0 unspecified atom stereocenters. The van der Waals surface area contributed by atoms with Crippen LogP contribution in [0.2, 0.25) is 0 Å². The third-order valence-electron chi connectivity index (χ3n) is 5.73. The maximum absolute atomic E-state index is 13.2. The number of benzene rings is 3. The van der Waals surface area contributed by atoms with E-state index in [0.29, 0.717) is 23.6 Å². The van der Waals surface area contributed by atoms with Gasteiger partial charge in [-0.15, -0.1) is 0 Å². The summed E-state index contributed by atoms with van der Waals surface area (Å²) in [7, 11) is 3.14. The van der Waals surface area contributed by atoms with Gasteiger partial charge in [0, 0.05) is 17.8 Å². The van der Waals surface area contributed by atoms with E-state index in [4.69, 9.17) is 9.47 Å². The highest BCUT2D eigenvalue weighted by Gasteiger charge is 2.34. The number of hydrogen-bond acceptors (Lipinski definition) is 4. The lowest BCUT2D eigenvalue weighted by molar-refractivity contribution is -0.117. The van der Waals surface area contributed by atoms with Crippen LogP contribution in [0.5, 0.6) is 11.5 Å². The highest BCUT2D eigenvalue weighted by atomic mass is 16.5. The Bertz CT molecular complexity index is 1140. The molecule has 4 rings (SSSR count). The van der Waals surface area contributed by atoms with Crippen LogP contribution >= 0.6 is 0 Å². The second-order valence-electron chi connectivity index (χ2n) is 7.84. The number of methoxy groups -OCH3 is 2. The molecule has 0 bridgehead atoms. The predicted octanol–water partition coefficient (Wildman–Crippen LogP) is 4.74. The van der Waals surface area contributed by atoms with Crippen LogP contribution in [0.15, 0.2) is 66.7 Å². The van der Waals surface area contributed by atoms with Crippen molar-refractivity contribution in [1.82, 2.24) is 4.90 Å². The van der Waals surface area contributed by atoms with E-state index in [0.717, 1.165) is 22.4 Å². The first kappa shape index (κ1) is 21.4. The highest BCUT2D eigenvalue weighted by molar-refractivity contribution is 5.99. The van der Waals surface area contributed by atoms with Crippen LogP contribution in [-0.4, -0.2) is 30.9 Å². The summed E-state index contributed by atoms with van der Waals surface area (Å²) in [5, 5.41) is 2.95. The number of carbonyl (C=O) groups is 2. The van der Waals surface area contributed by atoms with Crippen molar-refractivity contribution in [1.29, 1.82) is 0 Å². The summed E-state index contributed by atoms with van der Waals surface area (Å²) in [6.07, 6.45) is 0.114. The van der Waals surface area contributed by atoms with Gasteiger partial charge in [-0.2, -0.15) is 0 Å². The Kier molecular flexibility index (Phi) is 6.12. The quantitative estimate of drug-likeness (QED) is 0.588. The van der Waals surface area contributed by atoms with E-state index >= 15 is 0 Å². The number of nitrogens with zero attached hydrogens (tertiary/aromatic N) is 1. The first-order valence-electron chi connectivity index (χ1n) is 10.5. The molecule has 6 heteroatoms. The van der Waals surface area contributed by atoms with Gasteiger partial charge < -0.3 is 19.7 Å². The van der Waals surface area contributed by atoms with Gasteiger partial charge in [0.2, 0.25) is 5.91 Å². The zero-order valence-electron chi connectivity index (χ0n) is 18.4. The number of nitrogens with one attached hydrogen (secondary N) is 1. The van der Waals surface area contributed by atoms with Crippen molar-refractivity contribution in [3.05, 3.63) is 89.0 Å². The Morgan fingerprint density at radius 2 is 1.72 bits per heavy atom. The first-order chi connectivity index (χ1) is 15.5. The van der Waals surface area contributed by atoms with Crippen molar-refractivity contribution < 1.29 is 19.1 Å². The first-order valence-corrected chi connectivity index (χ1v) is 10.5. The van der Waals surface area contributed by atoms with E-state index in [-0.39, 0.29) is 18.2 Å². The molecule has 0 aliphatic carbocycles. The van der Waals surface area contributed by atoms with E-state index in [1.54, 1.807) is 25.2 Å². The monoisotopic (exact) mass is 430 g/mol. The van der Waals surface area contributed by atoms with Gasteiger partial charge in [-0.1, -0.05) is 42.0 Å². The summed E-state index contributed by atoms with van der Waals surface area (Å²) in [5.74, 6) is 0.897. The molecule has 6 nitrogen and oxygen atoms in total. The standard InChI is InChI=1S/C26H26N2O4/c1-17-8-11-20(12-9-17)27-25(29)15-22(18-10-13-23(31-2)24(14-18)32-3)28-16-19-6-4-5-7-21(19)26(28)30/h4-14,22H,15-16H2,1-3H3,(H,27,29)/t22-/m0/s1. The van der Waals surface area contributed by atoms with E-state index < -0.39 is 6.04 Å². The summed E-state index contributed by atoms with van der Waals surface area (Å²) in [6.45, 7) is 2.45. The van der Waals surface area contributed by atoms with E-state index in [2.05, 4.69) is 5.32 Å². The SMILES string of the molecule is COc1ccc([C@H](CC(=O)Nc2ccc(C)cc2)N2Cc3ccccc3C2=O)cc1OC. The van der Waals surface area contributed by atoms with Crippen LogP contribution in [-0.2, 0) is 11.3 Å². The lowest BCUT2D eigenvalue weighted by atomic mass is 10.0. The van der Waals surface area contributed by atoms with Crippen LogP contribution < -0.4 is 14.8 Å². The number of anilines is 1. The minimum absolute atomic E-state index is 0.0801. The van der Waals surface area contributed by atoms with Crippen LogP contribution in [0.25, 0.3) is 0 Å². The molecule has 0 aromatic heterocycles. The minimum atomic E-state index is -0.458. The summed E-state index contributed by atoms with van der Waals surface area (Å²) >= 11 is 0. The van der Waals surface area contributed by atoms with Gasteiger partial charge >= 0.3 is 0 Å². The smallest absolute Gasteiger partial charge is 0.255 e. The molecule has 0 spiro atoms. The molecule has 3 aromatic carbocycles. The molecule has 164 valence electrons. The average Bonchev–Trinajstić information content (AvgIpc) is 3.15. The van der Waals surface area contributed by atoms with E-state index in [1.807, 2.05) is 67.6 Å². The van der Waals surface area contributed by atoms with Gasteiger partial charge in [0.05, 0.1) is 26.7 Å². The molecule has 1 aliphatic heterocycles. The van der Waals surface area contributed by atoms with Gasteiger partial charge in [0.15, 0.2) is 11.5 Å². The van der Waals surface area contributed by atoms with Crippen LogP contribution in [0.1, 0.15) is 39.5 Å². The zero-order chi connectivity index (χ0) is 22.7. The maximum atomic E-state index is 13.2. The number of fused-ring (bicyclic) bond motifs is 1. The number of carbonyl (C=O) groups excluding carboxylic acids is 2. The van der Waals surface area contributed by atoms with Crippen molar-refractivity contribution in [3.8, 4) is 11.5 Å². The molecular weight excluding hydrogens is 404 g/mol. The summed E-state index contributed by atoms with van der Waals surface area (Å²) < 4.78 is 10.8. The zero-order valence-corrected chi connectivity index (χ0v) is 18.4. The Morgan fingerprint density at radius 1 is 1.00 bits per heavy atom. The van der Waals surface area contributed by atoms with Gasteiger partial charge in [-0.25, -0.2) is 0 Å². The molecule has 1 atom stereocenters. The molecule has 0 saturated carbocycles. The van der Waals surface area contributed by atoms with Gasteiger partial charge in [0.1, 0.15) is 0 Å². The molecular formula is C26H26N2O4. The Labute approximate surface area is 187 Å². The highest BCUT2D eigenvalue weighted by Crippen LogP contribution is 2.37. The average molecular weight is 431 g/mol. The normalized spacial score (nSPS) is 13.5. The van der Waals surface area contributed by atoms with Crippen molar-refractivity contribution in [2.75, 3.05) is 19.5 Å². The van der Waals surface area contributed by atoms with Crippen LogP contribution in [0.4, 0.5) is 5.69 Å². The molecule has 0 saturated heterocycles. The summed E-state index contributed by atoms with van der Waals surface area (Å²) in [6, 6.07) is 20.2. The molecule has 3 aromatic rings.